The first kappa shape index (κ1) is 17.9. The maximum atomic E-state index is 2.23. The van der Waals surface area contributed by atoms with E-state index in [2.05, 4.69) is 27.7 Å². The number of rotatable bonds is 5. The zero-order valence-corrected chi connectivity index (χ0v) is 8.95. The van der Waals surface area contributed by atoms with E-state index in [1.165, 1.54) is 44.9 Å². The molecule has 0 heteroatoms. The van der Waals surface area contributed by atoms with Crippen molar-refractivity contribution in [2.45, 2.75) is 80.1 Å². The fraction of sp³-hybridized carbons (Fsp3) is 1.00. The summed E-state index contributed by atoms with van der Waals surface area (Å²) in [6.45, 7) is 8.89. The van der Waals surface area contributed by atoms with Gasteiger partial charge in [-0.3, -0.25) is 0 Å². The first-order valence-corrected chi connectivity index (χ1v) is 5.33. The molecule has 0 atom stereocenters. The van der Waals surface area contributed by atoms with Gasteiger partial charge in [0.2, 0.25) is 0 Å². The molecule has 0 saturated heterocycles. The van der Waals surface area contributed by atoms with Gasteiger partial charge in [-0.05, 0) is 0 Å². The predicted octanol–water partition coefficient (Wildman–Crippen LogP) is 5.42. The Morgan fingerprint density at radius 3 is 0.833 bits per heavy atom. The summed E-state index contributed by atoms with van der Waals surface area (Å²) >= 11 is 0. The third-order valence-corrected chi connectivity index (χ3v) is 1.66. The average Bonchev–Trinajstić information content (AvgIpc) is 2.04. The third-order valence-electron chi connectivity index (χ3n) is 1.66. The van der Waals surface area contributed by atoms with Gasteiger partial charge in [0.1, 0.15) is 0 Å². The van der Waals surface area contributed by atoms with Gasteiger partial charge in [0, 0.05) is 0 Å². The van der Waals surface area contributed by atoms with E-state index in [4.69, 9.17) is 0 Å². The van der Waals surface area contributed by atoms with Gasteiger partial charge in [0.15, 0.2) is 0 Å². The highest BCUT2D eigenvalue weighted by Crippen LogP contribution is 1.95. The molecule has 0 amide bonds. The molecule has 0 saturated carbocycles. The molecule has 0 unspecified atom stereocenters. The van der Waals surface area contributed by atoms with E-state index in [1.807, 2.05) is 0 Å². The van der Waals surface area contributed by atoms with Crippen LogP contribution in [0.5, 0.6) is 0 Å². The lowest BCUT2D eigenvalue weighted by atomic mass is 10.2. The molecule has 0 aliphatic carbocycles. The SMILES string of the molecule is C.CCCCC.CCCCCC. The van der Waals surface area contributed by atoms with Crippen LogP contribution in [0.15, 0.2) is 0 Å². The Balaban J connectivity index is -0.000000126. The second-order valence-electron chi connectivity index (χ2n) is 3.06. The van der Waals surface area contributed by atoms with Crippen LogP contribution in [-0.2, 0) is 0 Å². The lowest BCUT2D eigenvalue weighted by Gasteiger charge is -1.86. The van der Waals surface area contributed by atoms with Crippen LogP contribution in [0.25, 0.3) is 0 Å². The van der Waals surface area contributed by atoms with Crippen molar-refractivity contribution >= 4 is 0 Å². The van der Waals surface area contributed by atoms with Crippen molar-refractivity contribution < 1.29 is 0 Å². The average molecular weight is 174 g/mol. The Morgan fingerprint density at radius 1 is 0.500 bits per heavy atom. The van der Waals surface area contributed by atoms with Crippen molar-refractivity contribution in [2.75, 3.05) is 0 Å². The van der Waals surface area contributed by atoms with Crippen molar-refractivity contribution in [1.82, 2.24) is 0 Å². The molecule has 0 N–H and O–H groups in total. The minimum absolute atomic E-state index is 0. The van der Waals surface area contributed by atoms with Crippen molar-refractivity contribution in [3.05, 3.63) is 0 Å². The summed E-state index contributed by atoms with van der Waals surface area (Å²) in [5, 5.41) is 0. The van der Waals surface area contributed by atoms with Gasteiger partial charge in [-0.1, -0.05) is 80.1 Å². The second-order valence-corrected chi connectivity index (χ2v) is 3.06. The summed E-state index contributed by atoms with van der Waals surface area (Å²) in [6, 6.07) is 0. The van der Waals surface area contributed by atoms with Crippen LogP contribution in [0.1, 0.15) is 80.1 Å². The van der Waals surface area contributed by atoms with E-state index in [0.29, 0.717) is 0 Å². The zero-order valence-electron chi connectivity index (χ0n) is 8.95. The standard InChI is InChI=1S/C6H14.C5H12.CH4/c1-3-5-6-4-2;1-3-5-4-2;/h3-6H2,1-2H3;3-5H2,1-2H3;1H4. The molecule has 0 bridgehead atoms. The molecule has 0 aromatic heterocycles. The van der Waals surface area contributed by atoms with E-state index < -0.39 is 0 Å². The predicted molar refractivity (Wildman–Crippen MR) is 61.7 cm³/mol. The molecular formula is C12H30. The maximum Gasteiger partial charge on any atom is -0.0536 e. The van der Waals surface area contributed by atoms with Crippen molar-refractivity contribution in [1.29, 1.82) is 0 Å². The second kappa shape index (κ2) is 22.4. The van der Waals surface area contributed by atoms with Gasteiger partial charge in [0.05, 0.1) is 0 Å². The molecule has 12 heavy (non-hydrogen) atoms. The minimum Gasteiger partial charge on any atom is -0.0776 e. The Morgan fingerprint density at radius 2 is 0.750 bits per heavy atom. The lowest BCUT2D eigenvalue weighted by molar-refractivity contribution is 0.702. The third kappa shape index (κ3) is 32.4. The van der Waals surface area contributed by atoms with Crippen LogP contribution < -0.4 is 0 Å². The molecule has 0 fully saturated rings. The summed E-state index contributed by atoms with van der Waals surface area (Å²) in [7, 11) is 0. The molecular weight excluding hydrogens is 144 g/mol. The van der Waals surface area contributed by atoms with Crippen LogP contribution in [0.3, 0.4) is 0 Å². The zero-order chi connectivity index (χ0) is 8.95. The number of unbranched alkanes of at least 4 members (excludes halogenated alkanes) is 5. The van der Waals surface area contributed by atoms with Gasteiger partial charge in [-0.15, -0.1) is 0 Å². The van der Waals surface area contributed by atoms with Gasteiger partial charge in [-0.2, -0.15) is 0 Å². The lowest BCUT2D eigenvalue weighted by Crippen LogP contribution is -1.66. The Labute approximate surface area is 80.8 Å². The molecule has 0 spiro atoms. The van der Waals surface area contributed by atoms with Crippen LogP contribution in [-0.4, -0.2) is 0 Å². The summed E-state index contributed by atoms with van der Waals surface area (Å²) in [5.74, 6) is 0. The van der Waals surface area contributed by atoms with E-state index in [-0.39, 0.29) is 7.43 Å². The monoisotopic (exact) mass is 174 g/mol. The van der Waals surface area contributed by atoms with E-state index in [9.17, 15) is 0 Å². The topological polar surface area (TPSA) is 0 Å². The molecule has 0 aromatic carbocycles. The quantitative estimate of drug-likeness (QED) is 0.488. The fourth-order valence-corrected chi connectivity index (χ4v) is 0.854. The highest BCUT2D eigenvalue weighted by molar-refractivity contribution is 4.31. The molecule has 0 heterocycles. The number of hydrogen-bond acceptors (Lipinski definition) is 0. The molecule has 0 aliphatic heterocycles. The summed E-state index contributed by atoms with van der Waals surface area (Å²) in [5.41, 5.74) is 0. The van der Waals surface area contributed by atoms with Gasteiger partial charge in [0.25, 0.3) is 0 Å². The highest BCUT2D eigenvalue weighted by Gasteiger charge is 1.75. The first-order chi connectivity index (χ1) is 5.33. The Kier molecular flexibility index (Phi) is 33.5. The smallest absolute Gasteiger partial charge is 0.0536 e. The normalized spacial score (nSPS) is 8.00. The van der Waals surface area contributed by atoms with Crippen molar-refractivity contribution in [2.24, 2.45) is 0 Å². The van der Waals surface area contributed by atoms with E-state index in [1.54, 1.807) is 0 Å². The molecule has 0 rings (SSSR count). The summed E-state index contributed by atoms with van der Waals surface area (Å²) in [4.78, 5) is 0. The molecule has 78 valence electrons. The largest absolute Gasteiger partial charge is 0.0776 e. The Bertz CT molecular complexity index is 33.3. The minimum atomic E-state index is 0. The molecule has 0 aliphatic rings. The van der Waals surface area contributed by atoms with Gasteiger partial charge in [-0.25, -0.2) is 0 Å². The molecule has 0 nitrogen and oxygen atoms in total. The number of hydrogen-bond donors (Lipinski definition) is 0. The fourth-order valence-electron chi connectivity index (χ4n) is 0.854. The highest BCUT2D eigenvalue weighted by atomic mass is 13.8. The maximum absolute atomic E-state index is 2.23. The van der Waals surface area contributed by atoms with Crippen molar-refractivity contribution in [3.8, 4) is 0 Å². The first-order valence-electron chi connectivity index (χ1n) is 5.33. The van der Waals surface area contributed by atoms with E-state index >= 15 is 0 Å². The van der Waals surface area contributed by atoms with Gasteiger partial charge < -0.3 is 0 Å². The molecule has 0 aromatic rings. The van der Waals surface area contributed by atoms with Crippen LogP contribution in [0.4, 0.5) is 0 Å². The summed E-state index contributed by atoms with van der Waals surface area (Å²) in [6.07, 6.45) is 9.61. The van der Waals surface area contributed by atoms with Crippen LogP contribution >= 0.6 is 0 Å². The Hall–Kier alpha value is 0. The van der Waals surface area contributed by atoms with Crippen LogP contribution in [0.2, 0.25) is 0 Å². The molecule has 0 radical (unpaired) electrons. The van der Waals surface area contributed by atoms with Crippen LogP contribution in [0, 0.1) is 0 Å². The van der Waals surface area contributed by atoms with Crippen molar-refractivity contribution in [3.63, 3.8) is 0 Å². The van der Waals surface area contributed by atoms with E-state index in [0.717, 1.165) is 0 Å². The van der Waals surface area contributed by atoms with Gasteiger partial charge >= 0.3 is 0 Å². The summed E-state index contributed by atoms with van der Waals surface area (Å²) < 4.78 is 0.